The Morgan fingerprint density at radius 2 is 1.56 bits per heavy atom. The topological polar surface area (TPSA) is 80.8 Å². The molecule has 2 aromatic carbocycles. The van der Waals surface area contributed by atoms with Gasteiger partial charge in [-0.05, 0) is 55.0 Å². The van der Waals surface area contributed by atoms with Crippen molar-refractivity contribution in [3.63, 3.8) is 0 Å². The van der Waals surface area contributed by atoms with Crippen LogP contribution in [0.15, 0.2) is 54.1 Å². The molecule has 0 aromatic heterocycles. The molecule has 1 aliphatic rings. The predicted octanol–water partition coefficient (Wildman–Crippen LogP) is 3.02. The van der Waals surface area contributed by atoms with Crippen LogP contribution in [0.3, 0.4) is 0 Å². The minimum Gasteiger partial charge on any atom is -0.465 e. The summed E-state index contributed by atoms with van der Waals surface area (Å²) >= 11 is 0. The number of imide groups is 1. The maximum atomic E-state index is 12.7. The SMILES string of the molecule is COC(=O)c1ccc(C=C2CC(=O)N(c3ccc(C(C)=O)cc3)C2=O)cc1. The van der Waals surface area contributed by atoms with Gasteiger partial charge >= 0.3 is 5.97 Å². The van der Waals surface area contributed by atoms with Crippen molar-refractivity contribution in [1.29, 1.82) is 0 Å². The molecule has 2 aromatic rings. The quantitative estimate of drug-likeness (QED) is 0.361. The van der Waals surface area contributed by atoms with E-state index < -0.39 is 11.9 Å². The van der Waals surface area contributed by atoms with Crippen LogP contribution in [0.2, 0.25) is 0 Å². The molecule has 1 saturated heterocycles. The van der Waals surface area contributed by atoms with Gasteiger partial charge in [0.1, 0.15) is 0 Å². The molecule has 1 heterocycles. The van der Waals surface area contributed by atoms with Crippen LogP contribution in [0, 0.1) is 0 Å². The summed E-state index contributed by atoms with van der Waals surface area (Å²) in [6, 6.07) is 12.9. The maximum absolute atomic E-state index is 12.7. The van der Waals surface area contributed by atoms with Crippen LogP contribution in [-0.4, -0.2) is 30.7 Å². The number of benzene rings is 2. The molecule has 0 unspecified atom stereocenters. The fraction of sp³-hybridized carbons (Fsp3) is 0.143. The number of Topliss-reactive ketones (excluding diaryl/α,β-unsaturated/α-hetero) is 1. The molecule has 0 spiro atoms. The van der Waals surface area contributed by atoms with Gasteiger partial charge in [-0.15, -0.1) is 0 Å². The van der Waals surface area contributed by atoms with Gasteiger partial charge < -0.3 is 4.74 Å². The standard InChI is InChI=1S/C21H17NO5/c1-13(23)15-7-9-18(10-8-15)22-19(24)12-17(20(22)25)11-14-3-5-16(6-4-14)21(26)27-2/h3-11H,12H2,1-2H3. The largest absolute Gasteiger partial charge is 0.465 e. The van der Waals surface area contributed by atoms with Crippen molar-refractivity contribution in [2.24, 2.45) is 0 Å². The predicted molar refractivity (Wildman–Crippen MR) is 99.3 cm³/mol. The molecule has 3 rings (SSSR count). The van der Waals surface area contributed by atoms with E-state index in [1.54, 1.807) is 54.6 Å². The van der Waals surface area contributed by atoms with Crippen LogP contribution in [0.5, 0.6) is 0 Å². The Bertz CT molecular complexity index is 955. The Hall–Kier alpha value is -3.54. The van der Waals surface area contributed by atoms with Crippen LogP contribution in [0.25, 0.3) is 6.08 Å². The van der Waals surface area contributed by atoms with Crippen LogP contribution < -0.4 is 4.90 Å². The number of nitrogens with zero attached hydrogens (tertiary/aromatic N) is 1. The number of carbonyl (C=O) groups excluding carboxylic acids is 4. The highest BCUT2D eigenvalue weighted by Gasteiger charge is 2.34. The molecule has 6 nitrogen and oxygen atoms in total. The third-order valence-electron chi connectivity index (χ3n) is 4.27. The first-order valence-electron chi connectivity index (χ1n) is 8.28. The number of rotatable bonds is 4. The summed E-state index contributed by atoms with van der Waals surface area (Å²) in [5, 5.41) is 0. The van der Waals surface area contributed by atoms with Crippen molar-refractivity contribution in [3.8, 4) is 0 Å². The number of anilines is 1. The lowest BCUT2D eigenvalue weighted by Crippen LogP contribution is -2.28. The summed E-state index contributed by atoms with van der Waals surface area (Å²) in [5.41, 5.74) is 2.41. The van der Waals surface area contributed by atoms with Crippen LogP contribution in [0.1, 0.15) is 39.6 Å². The van der Waals surface area contributed by atoms with Crippen LogP contribution in [0.4, 0.5) is 5.69 Å². The van der Waals surface area contributed by atoms with Gasteiger partial charge in [0.25, 0.3) is 5.91 Å². The van der Waals surface area contributed by atoms with Gasteiger partial charge in [-0.1, -0.05) is 12.1 Å². The fourth-order valence-corrected chi connectivity index (χ4v) is 2.83. The molecule has 1 fully saturated rings. The molecule has 0 saturated carbocycles. The number of ether oxygens (including phenoxy) is 1. The smallest absolute Gasteiger partial charge is 0.337 e. The first-order valence-corrected chi connectivity index (χ1v) is 8.28. The maximum Gasteiger partial charge on any atom is 0.337 e. The Morgan fingerprint density at radius 1 is 0.963 bits per heavy atom. The second-order valence-electron chi connectivity index (χ2n) is 6.10. The zero-order chi connectivity index (χ0) is 19.6. The number of ketones is 1. The van der Waals surface area contributed by atoms with Gasteiger partial charge in [0.15, 0.2) is 5.78 Å². The fourth-order valence-electron chi connectivity index (χ4n) is 2.83. The van der Waals surface area contributed by atoms with Gasteiger partial charge in [-0.3, -0.25) is 14.4 Å². The molecule has 0 radical (unpaired) electrons. The van der Waals surface area contributed by atoms with E-state index in [2.05, 4.69) is 4.74 Å². The molecule has 27 heavy (non-hydrogen) atoms. The highest BCUT2D eigenvalue weighted by Crippen LogP contribution is 2.27. The first kappa shape index (κ1) is 18.3. The van der Waals surface area contributed by atoms with Gasteiger partial charge in [-0.2, -0.15) is 0 Å². The van der Waals surface area contributed by atoms with E-state index in [4.69, 9.17) is 0 Å². The molecular formula is C21H17NO5. The van der Waals surface area contributed by atoms with E-state index in [1.807, 2.05) is 0 Å². The zero-order valence-electron chi connectivity index (χ0n) is 14.9. The third kappa shape index (κ3) is 3.69. The third-order valence-corrected chi connectivity index (χ3v) is 4.27. The zero-order valence-corrected chi connectivity index (χ0v) is 14.9. The summed E-state index contributed by atoms with van der Waals surface area (Å²) in [7, 11) is 1.30. The summed E-state index contributed by atoms with van der Waals surface area (Å²) in [4.78, 5) is 48.9. The lowest BCUT2D eigenvalue weighted by atomic mass is 10.1. The Morgan fingerprint density at radius 3 is 2.11 bits per heavy atom. The number of amides is 2. The molecule has 2 amide bonds. The number of carbonyl (C=O) groups is 4. The summed E-state index contributed by atoms with van der Waals surface area (Å²) < 4.78 is 4.65. The van der Waals surface area contributed by atoms with Gasteiger partial charge in [0.2, 0.25) is 5.91 Å². The highest BCUT2D eigenvalue weighted by molar-refractivity contribution is 6.29. The average Bonchev–Trinajstić information content (AvgIpc) is 2.95. The Labute approximate surface area is 156 Å². The number of methoxy groups -OCH3 is 1. The number of hydrogen-bond acceptors (Lipinski definition) is 5. The normalized spacial score (nSPS) is 15.3. The summed E-state index contributed by atoms with van der Waals surface area (Å²) in [6.45, 7) is 1.45. The van der Waals surface area contributed by atoms with Crippen molar-refractivity contribution in [2.45, 2.75) is 13.3 Å². The van der Waals surface area contributed by atoms with E-state index in [9.17, 15) is 19.2 Å². The molecule has 0 atom stereocenters. The number of esters is 1. The lowest BCUT2D eigenvalue weighted by molar-refractivity contribution is -0.120. The lowest BCUT2D eigenvalue weighted by Gasteiger charge is -2.13. The summed E-state index contributed by atoms with van der Waals surface area (Å²) in [6.07, 6.45) is 1.62. The van der Waals surface area contributed by atoms with Crippen molar-refractivity contribution in [3.05, 3.63) is 70.8 Å². The average molecular weight is 363 g/mol. The summed E-state index contributed by atoms with van der Waals surface area (Å²) in [5.74, 6) is -1.25. The van der Waals surface area contributed by atoms with E-state index in [1.165, 1.54) is 14.0 Å². The second-order valence-corrected chi connectivity index (χ2v) is 6.10. The molecule has 0 bridgehead atoms. The van der Waals surface area contributed by atoms with E-state index in [0.29, 0.717) is 28.0 Å². The molecular weight excluding hydrogens is 346 g/mol. The molecule has 0 aliphatic carbocycles. The minimum atomic E-state index is -0.443. The van der Waals surface area contributed by atoms with Crippen molar-refractivity contribution in [2.75, 3.05) is 12.0 Å². The molecule has 6 heteroatoms. The van der Waals surface area contributed by atoms with E-state index in [-0.39, 0.29) is 18.1 Å². The Kier molecular flexibility index (Phi) is 4.98. The van der Waals surface area contributed by atoms with Crippen molar-refractivity contribution < 1.29 is 23.9 Å². The Balaban J connectivity index is 1.84. The number of hydrogen-bond donors (Lipinski definition) is 0. The van der Waals surface area contributed by atoms with Crippen LogP contribution >= 0.6 is 0 Å². The van der Waals surface area contributed by atoms with Gasteiger partial charge in [-0.25, -0.2) is 9.69 Å². The monoisotopic (exact) mass is 363 g/mol. The molecule has 0 N–H and O–H groups in total. The highest BCUT2D eigenvalue weighted by atomic mass is 16.5. The van der Waals surface area contributed by atoms with Gasteiger partial charge in [0, 0.05) is 11.1 Å². The van der Waals surface area contributed by atoms with Gasteiger partial charge in [0.05, 0.1) is 24.8 Å². The van der Waals surface area contributed by atoms with Crippen LogP contribution in [-0.2, 0) is 14.3 Å². The van der Waals surface area contributed by atoms with E-state index in [0.717, 1.165) is 4.90 Å². The first-order chi connectivity index (χ1) is 12.9. The molecule has 1 aliphatic heterocycles. The molecule has 136 valence electrons. The van der Waals surface area contributed by atoms with Crippen molar-refractivity contribution >= 4 is 35.3 Å². The second kappa shape index (κ2) is 7.37. The minimum absolute atomic E-state index is 0.00789. The van der Waals surface area contributed by atoms with Crippen molar-refractivity contribution in [1.82, 2.24) is 0 Å². The van der Waals surface area contributed by atoms with E-state index >= 15 is 0 Å².